The molecule has 0 radical (unpaired) electrons. The monoisotopic (exact) mass is 310 g/mol. The predicted molar refractivity (Wildman–Crippen MR) is 80.9 cm³/mol. The molecule has 0 atom stereocenters. The van der Waals surface area contributed by atoms with Crippen LogP contribution in [-0.4, -0.2) is 22.9 Å². The van der Waals surface area contributed by atoms with Crippen molar-refractivity contribution >= 4 is 29.1 Å². The Morgan fingerprint density at radius 1 is 1.24 bits per heavy atom. The van der Waals surface area contributed by atoms with Crippen molar-refractivity contribution in [3.8, 4) is 0 Å². The van der Waals surface area contributed by atoms with E-state index < -0.39 is 4.92 Å². The van der Waals surface area contributed by atoms with E-state index in [2.05, 4.69) is 4.90 Å². The summed E-state index contributed by atoms with van der Waals surface area (Å²) in [5.74, 6) is 0. The molecule has 0 spiro atoms. The van der Waals surface area contributed by atoms with Crippen LogP contribution in [0.15, 0.2) is 33.5 Å². The van der Waals surface area contributed by atoms with E-state index in [0.717, 1.165) is 25.9 Å². The number of nitro groups is 1. The smallest absolute Gasteiger partial charge is 0.340 e. The van der Waals surface area contributed by atoms with E-state index >= 15 is 0 Å². The van der Waals surface area contributed by atoms with Crippen LogP contribution in [0.25, 0.3) is 11.0 Å². The van der Waals surface area contributed by atoms with E-state index in [-0.39, 0.29) is 23.7 Å². The van der Waals surface area contributed by atoms with Gasteiger partial charge in [-0.25, -0.2) is 4.79 Å². The Morgan fingerprint density at radius 3 is 2.62 bits per heavy atom. The first-order valence-corrected chi connectivity index (χ1v) is 6.57. The van der Waals surface area contributed by atoms with Gasteiger partial charge in [0.25, 0.3) is 5.69 Å². The van der Waals surface area contributed by atoms with Crippen molar-refractivity contribution in [3.05, 3.63) is 50.4 Å². The normalized spacial score (nSPS) is 15.0. The van der Waals surface area contributed by atoms with Crippen molar-refractivity contribution in [1.29, 1.82) is 0 Å². The van der Waals surface area contributed by atoms with Gasteiger partial charge in [0.2, 0.25) is 0 Å². The van der Waals surface area contributed by atoms with Crippen LogP contribution in [0.2, 0.25) is 0 Å². The highest BCUT2D eigenvalue weighted by molar-refractivity contribution is 5.85. The molecule has 112 valence electrons. The van der Waals surface area contributed by atoms with E-state index in [4.69, 9.17) is 4.42 Å². The molecule has 0 saturated carbocycles. The van der Waals surface area contributed by atoms with Crippen LogP contribution in [-0.2, 0) is 6.54 Å². The zero-order valence-corrected chi connectivity index (χ0v) is 12.1. The summed E-state index contributed by atoms with van der Waals surface area (Å²) >= 11 is 0. The lowest BCUT2D eigenvalue weighted by atomic mass is 10.1. The molecule has 1 aromatic carbocycles. The molecule has 7 heteroatoms. The highest BCUT2D eigenvalue weighted by Crippen LogP contribution is 2.21. The first-order chi connectivity index (χ1) is 9.63. The molecule has 0 bridgehead atoms. The van der Waals surface area contributed by atoms with E-state index in [0.29, 0.717) is 23.1 Å². The quantitative estimate of drug-likeness (QED) is 0.495. The van der Waals surface area contributed by atoms with Gasteiger partial charge >= 0.3 is 5.63 Å². The van der Waals surface area contributed by atoms with Crippen molar-refractivity contribution < 1.29 is 9.34 Å². The molecule has 1 aromatic heterocycles. The lowest BCUT2D eigenvalue weighted by Crippen LogP contribution is -2.22. The van der Waals surface area contributed by atoms with Gasteiger partial charge in [0.15, 0.2) is 0 Å². The summed E-state index contributed by atoms with van der Waals surface area (Å²) in [6, 6.07) is 5.94. The standard InChI is InChI=1S/C14H14N2O4.ClH/c17-14-11(9-15-5-1-2-6-15)7-10-8-12(16(18)19)3-4-13(10)20-14;/h3-4,7-8H,1-2,5-6,9H2;1H. The Hall–Kier alpha value is -1.92. The van der Waals surface area contributed by atoms with Gasteiger partial charge in [-0.3, -0.25) is 15.0 Å². The summed E-state index contributed by atoms with van der Waals surface area (Å²) in [7, 11) is 0. The van der Waals surface area contributed by atoms with Crippen LogP contribution in [0.1, 0.15) is 18.4 Å². The molecule has 0 N–H and O–H groups in total. The maximum absolute atomic E-state index is 11.9. The number of halogens is 1. The van der Waals surface area contributed by atoms with Crippen molar-refractivity contribution in [2.75, 3.05) is 13.1 Å². The van der Waals surface area contributed by atoms with Crippen LogP contribution < -0.4 is 5.63 Å². The molecule has 1 aliphatic rings. The lowest BCUT2D eigenvalue weighted by Gasteiger charge is -2.13. The number of nitro benzene ring substituents is 1. The number of hydrogen-bond donors (Lipinski definition) is 0. The average molecular weight is 311 g/mol. The molecule has 1 saturated heterocycles. The van der Waals surface area contributed by atoms with Gasteiger partial charge in [-0.15, -0.1) is 12.4 Å². The minimum atomic E-state index is -0.454. The maximum Gasteiger partial charge on any atom is 0.340 e. The first-order valence-electron chi connectivity index (χ1n) is 6.57. The summed E-state index contributed by atoms with van der Waals surface area (Å²) in [6.45, 7) is 2.50. The van der Waals surface area contributed by atoms with Crippen LogP contribution in [0, 0.1) is 10.1 Å². The minimum Gasteiger partial charge on any atom is -0.422 e. The van der Waals surface area contributed by atoms with Gasteiger partial charge in [-0.2, -0.15) is 0 Å². The van der Waals surface area contributed by atoms with Crippen LogP contribution >= 0.6 is 12.4 Å². The average Bonchev–Trinajstić information content (AvgIpc) is 2.92. The van der Waals surface area contributed by atoms with Crippen LogP contribution in [0.5, 0.6) is 0 Å². The second-order valence-corrected chi connectivity index (χ2v) is 5.02. The minimum absolute atomic E-state index is 0. The molecule has 0 aliphatic carbocycles. The van der Waals surface area contributed by atoms with Gasteiger partial charge in [0.1, 0.15) is 5.58 Å². The third-order valence-electron chi connectivity index (χ3n) is 3.59. The van der Waals surface area contributed by atoms with E-state index in [9.17, 15) is 14.9 Å². The summed E-state index contributed by atoms with van der Waals surface area (Å²) in [6.07, 6.45) is 2.29. The predicted octanol–water partition coefficient (Wildman–Crippen LogP) is 2.72. The zero-order valence-electron chi connectivity index (χ0n) is 11.3. The second kappa shape index (κ2) is 6.24. The van der Waals surface area contributed by atoms with Crippen LogP contribution in [0.4, 0.5) is 5.69 Å². The molecule has 6 nitrogen and oxygen atoms in total. The van der Waals surface area contributed by atoms with Gasteiger partial charge < -0.3 is 4.42 Å². The van der Waals surface area contributed by atoms with E-state index in [1.165, 1.54) is 18.2 Å². The molecular weight excluding hydrogens is 296 g/mol. The van der Waals surface area contributed by atoms with Gasteiger partial charge in [-0.05, 0) is 38.1 Å². The Morgan fingerprint density at radius 2 is 1.95 bits per heavy atom. The van der Waals surface area contributed by atoms with E-state index in [1.54, 1.807) is 6.07 Å². The first kappa shape index (κ1) is 15.5. The number of nitrogens with zero attached hydrogens (tertiary/aromatic N) is 2. The number of fused-ring (bicyclic) bond motifs is 1. The molecule has 0 unspecified atom stereocenters. The Kier molecular flexibility index (Phi) is 4.59. The summed E-state index contributed by atoms with van der Waals surface area (Å²) in [5.41, 5.74) is 0.572. The Balaban J connectivity index is 0.00000161. The highest BCUT2D eigenvalue weighted by atomic mass is 35.5. The molecule has 0 amide bonds. The molecule has 1 aliphatic heterocycles. The zero-order chi connectivity index (χ0) is 14.1. The second-order valence-electron chi connectivity index (χ2n) is 5.02. The highest BCUT2D eigenvalue weighted by Gasteiger charge is 2.16. The van der Waals surface area contributed by atoms with Crippen molar-refractivity contribution in [3.63, 3.8) is 0 Å². The summed E-state index contributed by atoms with van der Waals surface area (Å²) in [4.78, 5) is 24.4. The van der Waals surface area contributed by atoms with Crippen molar-refractivity contribution in [1.82, 2.24) is 4.90 Å². The van der Waals surface area contributed by atoms with Crippen LogP contribution in [0.3, 0.4) is 0 Å². The molecule has 3 rings (SSSR count). The molecule has 2 aromatic rings. The van der Waals surface area contributed by atoms with Gasteiger partial charge in [-0.1, -0.05) is 0 Å². The molecule has 21 heavy (non-hydrogen) atoms. The fourth-order valence-electron chi connectivity index (χ4n) is 2.56. The Bertz CT molecular complexity index is 722. The topological polar surface area (TPSA) is 76.6 Å². The maximum atomic E-state index is 11.9. The SMILES string of the molecule is Cl.O=c1oc2ccc([N+](=O)[O-])cc2cc1CN1CCCC1. The number of non-ortho nitro benzene ring substituents is 1. The summed E-state index contributed by atoms with van der Waals surface area (Å²) < 4.78 is 5.23. The van der Waals surface area contributed by atoms with E-state index in [1.807, 2.05) is 0 Å². The number of benzene rings is 1. The largest absolute Gasteiger partial charge is 0.422 e. The fraction of sp³-hybridized carbons (Fsp3) is 0.357. The number of likely N-dealkylation sites (tertiary alicyclic amines) is 1. The molecule has 2 heterocycles. The number of rotatable bonds is 3. The van der Waals surface area contributed by atoms with Crippen molar-refractivity contribution in [2.45, 2.75) is 19.4 Å². The van der Waals surface area contributed by atoms with Gasteiger partial charge in [0, 0.05) is 24.1 Å². The molecular formula is C14H15ClN2O4. The van der Waals surface area contributed by atoms with Gasteiger partial charge in [0.05, 0.1) is 10.5 Å². The third-order valence-corrected chi connectivity index (χ3v) is 3.59. The van der Waals surface area contributed by atoms with Crippen molar-refractivity contribution in [2.24, 2.45) is 0 Å². The summed E-state index contributed by atoms with van der Waals surface area (Å²) in [5, 5.41) is 11.4. The fourth-order valence-corrected chi connectivity index (χ4v) is 2.56. The third kappa shape index (κ3) is 3.22. The molecule has 1 fully saturated rings. The number of hydrogen-bond acceptors (Lipinski definition) is 5. The lowest BCUT2D eigenvalue weighted by molar-refractivity contribution is -0.384. The Labute approximate surface area is 126 Å².